The van der Waals surface area contributed by atoms with E-state index in [1.165, 1.54) is 17.6 Å². The Morgan fingerprint density at radius 1 is 1.62 bits per heavy atom. The van der Waals surface area contributed by atoms with Crippen LogP contribution in [0.3, 0.4) is 0 Å². The second kappa shape index (κ2) is 6.66. The number of aryl methyl sites for hydroxylation is 1. The van der Waals surface area contributed by atoms with Gasteiger partial charge in [-0.1, -0.05) is 6.92 Å². The van der Waals surface area contributed by atoms with Gasteiger partial charge in [0, 0.05) is 18.0 Å². The number of rotatable bonds is 6. The van der Waals surface area contributed by atoms with E-state index in [0.717, 1.165) is 13.0 Å². The van der Waals surface area contributed by atoms with Crippen LogP contribution in [0.25, 0.3) is 0 Å². The fourth-order valence-corrected chi connectivity index (χ4v) is 2.38. The van der Waals surface area contributed by atoms with Gasteiger partial charge in [-0.3, -0.25) is 4.79 Å². The molecule has 1 rings (SSSR count). The fraction of sp³-hybridized carbons (Fsp3) is 0.583. The molecule has 4 heteroatoms. The van der Waals surface area contributed by atoms with Crippen molar-refractivity contribution in [3.8, 4) is 0 Å². The molecule has 0 radical (unpaired) electrons. The van der Waals surface area contributed by atoms with Crippen molar-refractivity contribution in [3.63, 3.8) is 0 Å². The molecule has 0 spiro atoms. The molecule has 0 bridgehead atoms. The Labute approximate surface area is 101 Å². The van der Waals surface area contributed by atoms with E-state index in [1.807, 2.05) is 6.92 Å². The number of ether oxygens (including phenoxy) is 1. The first-order chi connectivity index (χ1) is 7.69. The second-order valence-electron chi connectivity index (χ2n) is 3.79. The molecule has 1 heterocycles. The van der Waals surface area contributed by atoms with E-state index in [9.17, 15) is 4.79 Å². The van der Waals surface area contributed by atoms with E-state index in [-0.39, 0.29) is 11.9 Å². The highest BCUT2D eigenvalue weighted by Crippen LogP contribution is 2.15. The molecule has 3 nitrogen and oxygen atoms in total. The minimum atomic E-state index is -0.127. The molecule has 0 aromatic carbocycles. The molecule has 16 heavy (non-hydrogen) atoms. The topological polar surface area (TPSA) is 38.3 Å². The predicted molar refractivity (Wildman–Crippen MR) is 66.6 cm³/mol. The highest BCUT2D eigenvalue weighted by molar-refractivity contribution is 7.10. The normalized spacial score (nSPS) is 12.4. The van der Waals surface area contributed by atoms with Crippen LogP contribution < -0.4 is 5.32 Å². The van der Waals surface area contributed by atoms with Crippen molar-refractivity contribution in [1.29, 1.82) is 0 Å². The molecular formula is C12H19NO2S. The van der Waals surface area contributed by atoms with Gasteiger partial charge in [0.2, 0.25) is 0 Å². The number of carbonyl (C=O) groups excluding carboxylic acids is 1. The van der Waals surface area contributed by atoms with Gasteiger partial charge in [-0.15, -0.1) is 11.3 Å². The Kier molecular flexibility index (Phi) is 5.49. The minimum Gasteiger partial charge on any atom is -0.469 e. The van der Waals surface area contributed by atoms with Crippen molar-refractivity contribution < 1.29 is 9.53 Å². The van der Waals surface area contributed by atoms with Crippen molar-refractivity contribution in [2.24, 2.45) is 5.92 Å². The maximum absolute atomic E-state index is 11.3. The van der Waals surface area contributed by atoms with Crippen LogP contribution in [-0.4, -0.2) is 19.6 Å². The van der Waals surface area contributed by atoms with Crippen LogP contribution in [0.2, 0.25) is 0 Å². The molecule has 0 aliphatic heterocycles. The van der Waals surface area contributed by atoms with Crippen LogP contribution in [0, 0.1) is 12.8 Å². The van der Waals surface area contributed by atoms with E-state index in [0.29, 0.717) is 6.54 Å². The number of carbonyl (C=O) groups is 1. The zero-order valence-electron chi connectivity index (χ0n) is 10.1. The fourth-order valence-electron chi connectivity index (χ4n) is 1.51. The summed E-state index contributed by atoms with van der Waals surface area (Å²) >= 11 is 1.74. The number of methoxy groups -OCH3 is 1. The summed E-state index contributed by atoms with van der Waals surface area (Å²) < 4.78 is 4.74. The molecule has 1 N–H and O–H groups in total. The van der Waals surface area contributed by atoms with Crippen molar-refractivity contribution >= 4 is 17.3 Å². The highest BCUT2D eigenvalue weighted by atomic mass is 32.1. The van der Waals surface area contributed by atoms with Crippen molar-refractivity contribution in [3.05, 3.63) is 21.9 Å². The van der Waals surface area contributed by atoms with Gasteiger partial charge >= 0.3 is 5.97 Å². The van der Waals surface area contributed by atoms with Crippen LogP contribution in [0.4, 0.5) is 0 Å². The Balaban J connectivity index is 2.34. The first-order valence-electron chi connectivity index (χ1n) is 5.50. The maximum atomic E-state index is 11.3. The average molecular weight is 241 g/mol. The molecule has 1 unspecified atom stereocenters. The Morgan fingerprint density at radius 2 is 2.38 bits per heavy atom. The molecule has 0 amide bonds. The smallest absolute Gasteiger partial charge is 0.309 e. The van der Waals surface area contributed by atoms with E-state index in [2.05, 4.69) is 23.7 Å². The largest absolute Gasteiger partial charge is 0.469 e. The summed E-state index contributed by atoms with van der Waals surface area (Å²) in [6.07, 6.45) is 0.809. The van der Waals surface area contributed by atoms with Gasteiger partial charge in [0.05, 0.1) is 13.0 Å². The first kappa shape index (κ1) is 13.2. The molecule has 0 aliphatic rings. The summed E-state index contributed by atoms with van der Waals surface area (Å²) in [4.78, 5) is 12.7. The molecule has 1 atom stereocenters. The predicted octanol–water partition coefficient (Wildman–Crippen LogP) is 2.35. The van der Waals surface area contributed by atoms with E-state index < -0.39 is 0 Å². The van der Waals surface area contributed by atoms with Gasteiger partial charge in [0.15, 0.2) is 0 Å². The molecule has 0 fully saturated rings. The Bertz CT molecular complexity index is 336. The second-order valence-corrected chi connectivity index (χ2v) is 4.79. The summed E-state index contributed by atoms with van der Waals surface area (Å²) in [5, 5.41) is 5.39. The van der Waals surface area contributed by atoms with Gasteiger partial charge in [-0.2, -0.15) is 0 Å². The quantitative estimate of drug-likeness (QED) is 0.777. The molecule has 0 aliphatic carbocycles. The Hall–Kier alpha value is -0.870. The van der Waals surface area contributed by atoms with Crippen molar-refractivity contribution in [1.82, 2.24) is 5.32 Å². The lowest BCUT2D eigenvalue weighted by atomic mass is 10.1. The molecule has 0 saturated carbocycles. The lowest BCUT2D eigenvalue weighted by Crippen LogP contribution is -2.28. The lowest BCUT2D eigenvalue weighted by Gasteiger charge is -2.12. The van der Waals surface area contributed by atoms with Gasteiger partial charge in [0.25, 0.3) is 0 Å². The number of esters is 1. The average Bonchev–Trinajstić information content (AvgIpc) is 2.69. The minimum absolute atomic E-state index is 0.0368. The van der Waals surface area contributed by atoms with Gasteiger partial charge < -0.3 is 10.1 Å². The van der Waals surface area contributed by atoms with Gasteiger partial charge in [-0.25, -0.2) is 0 Å². The third-order valence-electron chi connectivity index (χ3n) is 2.67. The maximum Gasteiger partial charge on any atom is 0.309 e. The van der Waals surface area contributed by atoms with Crippen LogP contribution in [0.5, 0.6) is 0 Å². The summed E-state index contributed by atoms with van der Waals surface area (Å²) in [5.41, 5.74) is 1.31. The Morgan fingerprint density at radius 3 is 2.88 bits per heavy atom. The van der Waals surface area contributed by atoms with Crippen LogP contribution in [-0.2, 0) is 16.1 Å². The number of hydrogen-bond acceptors (Lipinski definition) is 4. The van der Waals surface area contributed by atoms with Crippen LogP contribution >= 0.6 is 11.3 Å². The van der Waals surface area contributed by atoms with E-state index in [4.69, 9.17) is 4.74 Å². The molecule has 0 saturated heterocycles. The molecule has 1 aromatic rings. The first-order valence-corrected chi connectivity index (χ1v) is 6.38. The lowest BCUT2D eigenvalue weighted by molar-refractivity contribution is -0.145. The number of hydrogen-bond donors (Lipinski definition) is 1. The van der Waals surface area contributed by atoms with Gasteiger partial charge in [0.1, 0.15) is 0 Å². The molecule has 1 aromatic heterocycles. The summed E-state index contributed by atoms with van der Waals surface area (Å²) in [5.74, 6) is -0.164. The SMILES string of the molecule is CCC(CNCc1sccc1C)C(=O)OC. The molecule has 90 valence electrons. The highest BCUT2D eigenvalue weighted by Gasteiger charge is 2.16. The van der Waals surface area contributed by atoms with E-state index in [1.54, 1.807) is 11.3 Å². The van der Waals surface area contributed by atoms with Crippen LogP contribution in [0.1, 0.15) is 23.8 Å². The number of nitrogens with one attached hydrogen (secondary N) is 1. The summed E-state index contributed by atoms with van der Waals surface area (Å²) in [6.45, 7) is 5.61. The van der Waals surface area contributed by atoms with Crippen LogP contribution in [0.15, 0.2) is 11.4 Å². The zero-order chi connectivity index (χ0) is 12.0. The third-order valence-corrected chi connectivity index (χ3v) is 3.69. The molecular weight excluding hydrogens is 222 g/mol. The monoisotopic (exact) mass is 241 g/mol. The standard InChI is InChI=1S/C12H19NO2S/c1-4-10(12(14)15-3)7-13-8-11-9(2)5-6-16-11/h5-6,10,13H,4,7-8H2,1-3H3. The van der Waals surface area contributed by atoms with Crippen molar-refractivity contribution in [2.75, 3.05) is 13.7 Å². The third kappa shape index (κ3) is 3.61. The van der Waals surface area contributed by atoms with E-state index >= 15 is 0 Å². The zero-order valence-corrected chi connectivity index (χ0v) is 10.9. The number of thiophene rings is 1. The van der Waals surface area contributed by atoms with Crippen molar-refractivity contribution in [2.45, 2.75) is 26.8 Å². The summed E-state index contributed by atoms with van der Waals surface area (Å²) in [7, 11) is 1.44. The van der Waals surface area contributed by atoms with Gasteiger partial charge in [-0.05, 0) is 30.4 Å². The summed E-state index contributed by atoms with van der Waals surface area (Å²) in [6, 6.07) is 2.11.